The molecule has 0 fully saturated rings. The molecule has 0 aliphatic carbocycles. The van der Waals surface area contributed by atoms with Crippen LogP contribution in [0.5, 0.6) is 0 Å². The van der Waals surface area contributed by atoms with Crippen molar-refractivity contribution in [1.82, 2.24) is 9.97 Å². The van der Waals surface area contributed by atoms with Gasteiger partial charge in [0.1, 0.15) is 18.0 Å². The van der Waals surface area contributed by atoms with Crippen LogP contribution in [0.2, 0.25) is 0 Å². The fraction of sp³-hybridized carbons (Fsp3) is 0.400. The van der Waals surface area contributed by atoms with Gasteiger partial charge in [-0.15, -0.1) is 6.42 Å². The number of rotatable bonds is 3. The third kappa shape index (κ3) is 2.63. The molecule has 0 aliphatic rings. The number of nitrogen functional groups attached to an aromatic ring is 1. The molecule has 4 heteroatoms. The van der Waals surface area contributed by atoms with Gasteiger partial charge in [0, 0.05) is 6.07 Å². The Hall–Kier alpha value is -1.76. The Labute approximate surface area is 83.9 Å². The molecule has 1 rings (SSSR count). The molecule has 1 unspecified atom stereocenters. The first-order valence-corrected chi connectivity index (χ1v) is 4.43. The van der Waals surface area contributed by atoms with Crippen molar-refractivity contribution < 1.29 is 0 Å². The van der Waals surface area contributed by atoms with Gasteiger partial charge in [-0.25, -0.2) is 9.97 Å². The van der Waals surface area contributed by atoms with Crippen molar-refractivity contribution in [3.63, 3.8) is 0 Å². The van der Waals surface area contributed by atoms with Gasteiger partial charge in [0.15, 0.2) is 0 Å². The number of nitrogens with one attached hydrogen (secondary N) is 1. The number of hydrogen-bond acceptors (Lipinski definition) is 4. The lowest BCUT2D eigenvalue weighted by Gasteiger charge is -2.16. The number of terminal acetylenes is 1. The first kappa shape index (κ1) is 10.3. The zero-order chi connectivity index (χ0) is 10.6. The Morgan fingerprint density at radius 3 is 2.71 bits per heavy atom. The topological polar surface area (TPSA) is 63.8 Å². The van der Waals surface area contributed by atoms with E-state index in [1.54, 1.807) is 6.07 Å². The third-order valence-corrected chi connectivity index (χ3v) is 1.84. The minimum atomic E-state index is -0.0377. The van der Waals surface area contributed by atoms with Crippen LogP contribution in [0.15, 0.2) is 12.4 Å². The third-order valence-electron chi connectivity index (χ3n) is 1.84. The molecule has 1 aromatic rings. The lowest BCUT2D eigenvalue weighted by Crippen LogP contribution is -2.24. The second kappa shape index (κ2) is 4.47. The van der Waals surface area contributed by atoms with Crippen molar-refractivity contribution in [3.05, 3.63) is 12.4 Å². The van der Waals surface area contributed by atoms with Gasteiger partial charge >= 0.3 is 0 Å². The maximum Gasteiger partial charge on any atom is 0.132 e. The molecule has 0 saturated carbocycles. The summed E-state index contributed by atoms with van der Waals surface area (Å²) in [6.45, 7) is 4.09. The molecule has 0 aliphatic heterocycles. The lowest BCUT2D eigenvalue weighted by molar-refractivity contribution is 0.612. The maximum absolute atomic E-state index is 5.51. The van der Waals surface area contributed by atoms with E-state index < -0.39 is 0 Å². The first-order chi connectivity index (χ1) is 6.63. The van der Waals surface area contributed by atoms with E-state index in [9.17, 15) is 0 Å². The SMILES string of the molecule is C#CC(Nc1cc(N)ncn1)C(C)C. The Morgan fingerprint density at radius 1 is 1.50 bits per heavy atom. The number of nitrogens with two attached hydrogens (primary N) is 1. The molecule has 0 aromatic carbocycles. The molecule has 0 amide bonds. The minimum absolute atomic E-state index is 0.0377. The highest BCUT2D eigenvalue weighted by atomic mass is 15.0. The molecule has 0 bridgehead atoms. The standard InChI is InChI=1S/C10H14N4/c1-4-8(7(2)3)14-10-5-9(11)12-6-13-10/h1,5-8H,2-3H3,(H3,11,12,13,14). The van der Waals surface area contributed by atoms with E-state index in [4.69, 9.17) is 12.2 Å². The Balaban J connectivity index is 2.73. The number of hydrogen-bond donors (Lipinski definition) is 2. The molecule has 1 aromatic heterocycles. The average molecular weight is 190 g/mol. The van der Waals surface area contributed by atoms with Crippen molar-refractivity contribution in [1.29, 1.82) is 0 Å². The van der Waals surface area contributed by atoms with Gasteiger partial charge in [0.05, 0.1) is 6.04 Å². The smallest absolute Gasteiger partial charge is 0.132 e. The van der Waals surface area contributed by atoms with Crippen molar-refractivity contribution >= 4 is 11.6 Å². The molecule has 0 saturated heterocycles. The summed E-state index contributed by atoms with van der Waals surface area (Å²) in [5, 5.41) is 3.10. The summed E-state index contributed by atoms with van der Waals surface area (Å²) < 4.78 is 0. The maximum atomic E-state index is 5.51. The molecular weight excluding hydrogens is 176 g/mol. The van der Waals surface area contributed by atoms with Crippen LogP contribution in [0.3, 0.4) is 0 Å². The lowest BCUT2D eigenvalue weighted by atomic mass is 10.1. The highest BCUT2D eigenvalue weighted by Crippen LogP contribution is 2.10. The number of anilines is 2. The van der Waals surface area contributed by atoms with E-state index in [0.29, 0.717) is 17.6 Å². The van der Waals surface area contributed by atoms with Crippen molar-refractivity contribution in [2.24, 2.45) is 5.92 Å². The zero-order valence-corrected chi connectivity index (χ0v) is 8.36. The summed E-state index contributed by atoms with van der Waals surface area (Å²) in [5.74, 6) is 4.09. The van der Waals surface area contributed by atoms with E-state index in [2.05, 4.69) is 21.2 Å². The number of aromatic nitrogens is 2. The van der Waals surface area contributed by atoms with Crippen LogP contribution in [-0.4, -0.2) is 16.0 Å². The van der Waals surface area contributed by atoms with E-state index in [0.717, 1.165) is 0 Å². The summed E-state index contributed by atoms with van der Waals surface area (Å²) >= 11 is 0. The average Bonchev–Trinajstić information content (AvgIpc) is 2.14. The van der Waals surface area contributed by atoms with E-state index in [1.165, 1.54) is 6.33 Å². The molecule has 4 nitrogen and oxygen atoms in total. The van der Waals surface area contributed by atoms with Gasteiger partial charge < -0.3 is 11.1 Å². The summed E-state index contributed by atoms with van der Waals surface area (Å²) in [7, 11) is 0. The summed E-state index contributed by atoms with van der Waals surface area (Å²) in [4.78, 5) is 7.80. The van der Waals surface area contributed by atoms with Crippen LogP contribution < -0.4 is 11.1 Å². The molecule has 0 spiro atoms. The predicted octanol–water partition coefficient (Wildman–Crippen LogP) is 1.13. The summed E-state index contributed by atoms with van der Waals surface area (Å²) in [6.07, 6.45) is 6.78. The normalized spacial score (nSPS) is 12.1. The largest absolute Gasteiger partial charge is 0.384 e. The zero-order valence-electron chi connectivity index (χ0n) is 8.36. The molecule has 1 heterocycles. The summed E-state index contributed by atoms with van der Waals surface area (Å²) in [6, 6.07) is 1.62. The highest BCUT2D eigenvalue weighted by molar-refractivity contribution is 5.45. The molecule has 3 N–H and O–H groups in total. The van der Waals surface area contributed by atoms with Crippen molar-refractivity contribution in [2.45, 2.75) is 19.9 Å². The fourth-order valence-corrected chi connectivity index (χ4v) is 1.01. The van der Waals surface area contributed by atoms with Crippen molar-refractivity contribution in [3.8, 4) is 12.3 Å². The van der Waals surface area contributed by atoms with Crippen LogP contribution in [0, 0.1) is 18.3 Å². The molecule has 14 heavy (non-hydrogen) atoms. The monoisotopic (exact) mass is 190 g/mol. The minimum Gasteiger partial charge on any atom is -0.384 e. The van der Waals surface area contributed by atoms with Gasteiger partial charge in [-0.3, -0.25) is 0 Å². The van der Waals surface area contributed by atoms with Crippen LogP contribution in [0.1, 0.15) is 13.8 Å². The molecule has 0 radical (unpaired) electrons. The Bertz CT molecular complexity index is 340. The molecular formula is C10H14N4. The molecule has 74 valence electrons. The van der Waals surface area contributed by atoms with Crippen LogP contribution in [0.25, 0.3) is 0 Å². The van der Waals surface area contributed by atoms with Crippen LogP contribution in [0.4, 0.5) is 11.6 Å². The second-order valence-corrected chi connectivity index (χ2v) is 3.36. The van der Waals surface area contributed by atoms with E-state index >= 15 is 0 Å². The Kier molecular flexibility index (Phi) is 3.29. The predicted molar refractivity (Wildman–Crippen MR) is 57.5 cm³/mol. The number of nitrogens with zero attached hydrogens (tertiary/aromatic N) is 2. The van der Waals surface area contributed by atoms with E-state index in [-0.39, 0.29) is 6.04 Å². The van der Waals surface area contributed by atoms with E-state index in [1.807, 2.05) is 13.8 Å². The van der Waals surface area contributed by atoms with Gasteiger partial charge in [-0.05, 0) is 5.92 Å². The fourth-order valence-electron chi connectivity index (χ4n) is 1.01. The van der Waals surface area contributed by atoms with Crippen LogP contribution in [-0.2, 0) is 0 Å². The van der Waals surface area contributed by atoms with Crippen LogP contribution >= 0.6 is 0 Å². The molecule has 1 atom stereocenters. The first-order valence-electron chi connectivity index (χ1n) is 4.43. The van der Waals surface area contributed by atoms with Crippen molar-refractivity contribution in [2.75, 3.05) is 11.1 Å². The highest BCUT2D eigenvalue weighted by Gasteiger charge is 2.09. The van der Waals surface area contributed by atoms with Gasteiger partial charge in [-0.2, -0.15) is 0 Å². The van der Waals surface area contributed by atoms with Gasteiger partial charge in [0.2, 0.25) is 0 Å². The quantitative estimate of drug-likeness (QED) is 0.701. The second-order valence-electron chi connectivity index (χ2n) is 3.36. The van der Waals surface area contributed by atoms with Gasteiger partial charge in [-0.1, -0.05) is 19.8 Å². The van der Waals surface area contributed by atoms with Gasteiger partial charge in [0.25, 0.3) is 0 Å². The Morgan fingerprint density at radius 2 is 2.21 bits per heavy atom. The summed E-state index contributed by atoms with van der Waals surface area (Å²) in [5.41, 5.74) is 5.51.